The maximum atomic E-state index is 12.3. The molecule has 0 aliphatic heterocycles. The molecule has 2 aliphatic rings. The SMILES string of the molecule is O=C(NCc1ccccc1)C1C[C@H]2CCC[C@@H](C1)C2=O. The van der Waals surface area contributed by atoms with E-state index < -0.39 is 0 Å². The molecule has 1 aromatic rings. The topological polar surface area (TPSA) is 46.2 Å². The number of ketones is 1. The van der Waals surface area contributed by atoms with Gasteiger partial charge in [0, 0.05) is 24.3 Å². The molecule has 20 heavy (non-hydrogen) atoms. The van der Waals surface area contributed by atoms with Crippen LogP contribution in [0.15, 0.2) is 30.3 Å². The van der Waals surface area contributed by atoms with Crippen molar-refractivity contribution in [3.8, 4) is 0 Å². The maximum absolute atomic E-state index is 12.3. The predicted octanol–water partition coefficient (Wildman–Crippen LogP) is 2.70. The first-order valence-corrected chi connectivity index (χ1v) is 7.59. The fourth-order valence-corrected chi connectivity index (χ4v) is 3.62. The Bertz CT molecular complexity index is 481. The van der Waals surface area contributed by atoms with Crippen molar-refractivity contribution in [1.82, 2.24) is 5.32 Å². The van der Waals surface area contributed by atoms with Crippen LogP contribution in [-0.4, -0.2) is 11.7 Å². The van der Waals surface area contributed by atoms with Gasteiger partial charge in [-0.2, -0.15) is 0 Å². The highest BCUT2D eigenvalue weighted by atomic mass is 16.2. The molecule has 1 N–H and O–H groups in total. The first-order chi connectivity index (χ1) is 9.74. The van der Waals surface area contributed by atoms with Gasteiger partial charge in [0.2, 0.25) is 5.91 Å². The van der Waals surface area contributed by atoms with Crippen LogP contribution in [0.3, 0.4) is 0 Å². The third-order valence-corrected chi connectivity index (χ3v) is 4.73. The monoisotopic (exact) mass is 271 g/mol. The Balaban J connectivity index is 1.57. The first-order valence-electron chi connectivity index (χ1n) is 7.59. The molecule has 3 heteroatoms. The summed E-state index contributed by atoms with van der Waals surface area (Å²) in [5, 5.41) is 3.02. The van der Waals surface area contributed by atoms with Crippen molar-refractivity contribution in [2.45, 2.75) is 38.6 Å². The minimum absolute atomic E-state index is 0.0340. The normalized spacial score (nSPS) is 29.0. The van der Waals surface area contributed by atoms with Gasteiger partial charge in [0.1, 0.15) is 5.78 Å². The number of fused-ring (bicyclic) bond motifs is 2. The largest absolute Gasteiger partial charge is 0.352 e. The second-order valence-electron chi connectivity index (χ2n) is 6.10. The fourth-order valence-electron chi connectivity index (χ4n) is 3.62. The van der Waals surface area contributed by atoms with Gasteiger partial charge in [-0.3, -0.25) is 9.59 Å². The zero-order chi connectivity index (χ0) is 13.9. The third-order valence-electron chi connectivity index (χ3n) is 4.73. The standard InChI is InChI=1S/C17H21NO2/c19-16-13-7-4-8-14(16)10-15(9-13)17(20)18-11-12-5-2-1-3-6-12/h1-3,5-6,13-15H,4,7-11H2,(H,18,20)/t13-,14+,15?. The molecule has 0 radical (unpaired) electrons. The summed E-state index contributed by atoms with van der Waals surface area (Å²) < 4.78 is 0. The molecule has 0 aromatic heterocycles. The van der Waals surface area contributed by atoms with Crippen molar-refractivity contribution < 1.29 is 9.59 Å². The minimum atomic E-state index is 0.0340. The summed E-state index contributed by atoms with van der Waals surface area (Å²) in [7, 11) is 0. The first kappa shape index (κ1) is 13.3. The summed E-state index contributed by atoms with van der Waals surface area (Å²) in [5.74, 6) is 0.873. The highest BCUT2D eigenvalue weighted by Gasteiger charge is 2.41. The number of benzene rings is 1. The van der Waals surface area contributed by atoms with Gasteiger partial charge in [-0.1, -0.05) is 36.8 Å². The van der Waals surface area contributed by atoms with Crippen molar-refractivity contribution in [2.24, 2.45) is 17.8 Å². The van der Waals surface area contributed by atoms with Crippen LogP contribution in [0.5, 0.6) is 0 Å². The molecule has 0 heterocycles. The van der Waals surface area contributed by atoms with E-state index in [9.17, 15) is 9.59 Å². The summed E-state index contributed by atoms with van der Waals surface area (Å²) in [4.78, 5) is 24.3. The van der Waals surface area contributed by atoms with Gasteiger partial charge in [-0.25, -0.2) is 0 Å². The van der Waals surface area contributed by atoms with Crippen LogP contribution in [-0.2, 0) is 16.1 Å². The molecular weight excluding hydrogens is 250 g/mol. The van der Waals surface area contributed by atoms with Crippen molar-refractivity contribution in [2.75, 3.05) is 0 Å². The number of Topliss-reactive ketones (excluding diaryl/α,β-unsaturated/α-hetero) is 1. The Labute approximate surface area is 119 Å². The molecule has 2 saturated carbocycles. The molecular formula is C17H21NO2. The number of carbonyl (C=O) groups is 2. The summed E-state index contributed by atoms with van der Waals surface area (Å²) in [6.45, 7) is 0.583. The highest BCUT2D eigenvalue weighted by Crippen LogP contribution is 2.40. The van der Waals surface area contributed by atoms with E-state index in [1.54, 1.807) is 0 Å². The highest BCUT2D eigenvalue weighted by molar-refractivity contribution is 5.88. The molecule has 1 aromatic carbocycles. The number of nitrogens with one attached hydrogen (secondary N) is 1. The Morgan fingerprint density at radius 1 is 1.10 bits per heavy atom. The van der Waals surface area contributed by atoms with Crippen LogP contribution in [0.25, 0.3) is 0 Å². The van der Waals surface area contributed by atoms with Gasteiger partial charge >= 0.3 is 0 Å². The Hall–Kier alpha value is -1.64. The van der Waals surface area contributed by atoms with Gasteiger partial charge < -0.3 is 5.32 Å². The van der Waals surface area contributed by atoms with Crippen molar-refractivity contribution in [1.29, 1.82) is 0 Å². The molecule has 0 saturated heterocycles. The second kappa shape index (κ2) is 5.78. The van der Waals surface area contributed by atoms with E-state index in [0.717, 1.165) is 37.7 Å². The zero-order valence-electron chi connectivity index (χ0n) is 11.7. The van der Waals surface area contributed by atoms with Crippen molar-refractivity contribution in [3.05, 3.63) is 35.9 Å². The predicted molar refractivity (Wildman–Crippen MR) is 76.9 cm³/mol. The molecule has 3 nitrogen and oxygen atoms in total. The number of carbonyl (C=O) groups excluding carboxylic acids is 2. The lowest BCUT2D eigenvalue weighted by atomic mass is 9.67. The van der Waals surface area contributed by atoms with E-state index in [4.69, 9.17) is 0 Å². The minimum Gasteiger partial charge on any atom is -0.352 e. The van der Waals surface area contributed by atoms with Crippen LogP contribution in [0.1, 0.15) is 37.7 Å². The Morgan fingerprint density at radius 3 is 2.40 bits per heavy atom. The number of amides is 1. The molecule has 1 unspecified atom stereocenters. The number of hydrogen-bond donors (Lipinski definition) is 1. The molecule has 3 rings (SSSR count). The van der Waals surface area contributed by atoms with Gasteiger partial charge in [0.05, 0.1) is 0 Å². The van der Waals surface area contributed by atoms with E-state index in [1.165, 1.54) is 0 Å². The average Bonchev–Trinajstić information content (AvgIpc) is 2.45. The fraction of sp³-hybridized carbons (Fsp3) is 0.529. The molecule has 2 fully saturated rings. The van der Waals surface area contributed by atoms with Crippen molar-refractivity contribution >= 4 is 11.7 Å². The Kier molecular flexibility index (Phi) is 3.86. The van der Waals surface area contributed by atoms with E-state index in [2.05, 4.69) is 5.32 Å². The maximum Gasteiger partial charge on any atom is 0.223 e. The molecule has 0 spiro atoms. The van der Waals surface area contributed by atoms with Gasteiger partial charge in [0.25, 0.3) is 0 Å². The van der Waals surface area contributed by atoms with Gasteiger partial charge in [-0.15, -0.1) is 0 Å². The summed E-state index contributed by atoms with van der Waals surface area (Å²) in [6.07, 6.45) is 4.64. The summed E-state index contributed by atoms with van der Waals surface area (Å²) in [5.41, 5.74) is 1.12. The third kappa shape index (κ3) is 2.77. The number of hydrogen-bond acceptors (Lipinski definition) is 2. The smallest absolute Gasteiger partial charge is 0.223 e. The van der Waals surface area contributed by atoms with E-state index in [0.29, 0.717) is 12.3 Å². The Morgan fingerprint density at radius 2 is 1.75 bits per heavy atom. The van der Waals surface area contributed by atoms with Gasteiger partial charge in [0.15, 0.2) is 0 Å². The van der Waals surface area contributed by atoms with Crippen LogP contribution < -0.4 is 5.32 Å². The lowest BCUT2D eigenvalue weighted by Crippen LogP contribution is -2.42. The molecule has 2 aliphatic carbocycles. The zero-order valence-corrected chi connectivity index (χ0v) is 11.7. The van der Waals surface area contributed by atoms with Crippen LogP contribution in [0, 0.1) is 17.8 Å². The summed E-state index contributed by atoms with van der Waals surface area (Å²) in [6, 6.07) is 9.95. The number of rotatable bonds is 3. The van der Waals surface area contributed by atoms with E-state index in [1.807, 2.05) is 30.3 Å². The van der Waals surface area contributed by atoms with Gasteiger partial charge in [-0.05, 0) is 31.2 Å². The van der Waals surface area contributed by atoms with Crippen LogP contribution in [0.4, 0.5) is 0 Å². The molecule has 3 atom stereocenters. The molecule has 1 amide bonds. The summed E-state index contributed by atoms with van der Waals surface area (Å²) >= 11 is 0. The lowest BCUT2D eigenvalue weighted by molar-refractivity contribution is -0.137. The van der Waals surface area contributed by atoms with E-state index in [-0.39, 0.29) is 23.7 Å². The quantitative estimate of drug-likeness (QED) is 0.918. The lowest BCUT2D eigenvalue weighted by Gasteiger charge is -2.36. The van der Waals surface area contributed by atoms with Crippen LogP contribution >= 0.6 is 0 Å². The average molecular weight is 271 g/mol. The van der Waals surface area contributed by atoms with Crippen molar-refractivity contribution in [3.63, 3.8) is 0 Å². The van der Waals surface area contributed by atoms with Crippen LogP contribution in [0.2, 0.25) is 0 Å². The van der Waals surface area contributed by atoms with E-state index >= 15 is 0 Å². The second-order valence-corrected chi connectivity index (χ2v) is 6.10. The molecule has 2 bridgehead atoms. The molecule has 106 valence electrons.